The number of anilines is 6. The van der Waals surface area contributed by atoms with E-state index in [1.54, 1.807) is 0 Å². The molecule has 8 aromatic carbocycles. The quantitative estimate of drug-likeness (QED) is 0.169. The van der Waals surface area contributed by atoms with Crippen molar-refractivity contribution in [2.24, 2.45) is 0 Å². The van der Waals surface area contributed by atoms with Crippen molar-refractivity contribution >= 4 is 78.0 Å². The fourth-order valence-electron chi connectivity index (χ4n) is 7.49. The average Bonchev–Trinajstić information content (AvgIpc) is 3.78. The lowest BCUT2D eigenvalue weighted by Gasteiger charge is -2.26. The summed E-state index contributed by atoms with van der Waals surface area (Å²) < 4.78 is 13.0. The molecule has 0 atom stereocenters. The Morgan fingerprint density at radius 1 is 0.327 bits per heavy atom. The van der Waals surface area contributed by atoms with E-state index < -0.39 is 0 Å². The van der Waals surface area contributed by atoms with Crippen LogP contribution in [0.5, 0.6) is 0 Å². The van der Waals surface area contributed by atoms with Gasteiger partial charge in [-0.15, -0.1) is 0 Å². The van der Waals surface area contributed by atoms with Crippen molar-refractivity contribution < 1.29 is 8.83 Å². The van der Waals surface area contributed by atoms with Gasteiger partial charge in [0.15, 0.2) is 0 Å². The number of furan rings is 2. The molecule has 0 unspecified atom stereocenters. The summed E-state index contributed by atoms with van der Waals surface area (Å²) in [5.74, 6) is 0. The van der Waals surface area contributed by atoms with Gasteiger partial charge in [-0.25, -0.2) is 0 Å². The summed E-state index contributed by atoms with van der Waals surface area (Å²) in [6, 6.07) is 67.7. The third-order valence-corrected chi connectivity index (χ3v) is 9.84. The highest BCUT2D eigenvalue weighted by Gasteiger charge is 2.21. The van der Waals surface area contributed by atoms with Gasteiger partial charge in [0.05, 0.1) is 11.1 Å². The van der Waals surface area contributed by atoms with Crippen molar-refractivity contribution in [3.05, 3.63) is 194 Å². The lowest BCUT2D eigenvalue weighted by molar-refractivity contribution is 0.669. The molecule has 0 bridgehead atoms. The zero-order chi connectivity index (χ0) is 34.4. The van der Waals surface area contributed by atoms with E-state index >= 15 is 0 Å². The SMILES string of the molecule is c1ccc(N(c2ccc(-c3cccc4c3oc3ccccc34)cc2)c2ccc3c(c2)oc2cccc(N(c4ccccc4)c4ccccc4)c23)cc1. The minimum Gasteiger partial charge on any atom is -0.456 e. The van der Waals surface area contributed by atoms with Gasteiger partial charge < -0.3 is 18.6 Å². The van der Waals surface area contributed by atoms with Crippen molar-refractivity contribution in [3.8, 4) is 11.1 Å². The highest BCUT2D eigenvalue weighted by molar-refractivity contribution is 6.14. The molecule has 0 spiro atoms. The second kappa shape index (κ2) is 12.4. The first kappa shape index (κ1) is 29.8. The van der Waals surface area contributed by atoms with Crippen molar-refractivity contribution in [2.75, 3.05) is 9.80 Å². The lowest BCUT2D eigenvalue weighted by Crippen LogP contribution is -2.10. The van der Waals surface area contributed by atoms with Crippen molar-refractivity contribution in [1.29, 1.82) is 0 Å². The molecule has 0 aliphatic heterocycles. The fraction of sp³-hybridized carbons (Fsp3) is 0. The van der Waals surface area contributed by atoms with Crippen LogP contribution in [0.3, 0.4) is 0 Å². The third-order valence-electron chi connectivity index (χ3n) is 9.84. The topological polar surface area (TPSA) is 32.8 Å². The Labute approximate surface area is 301 Å². The maximum Gasteiger partial charge on any atom is 0.143 e. The number of benzene rings is 8. The Balaban J connectivity index is 1.09. The van der Waals surface area contributed by atoms with Crippen molar-refractivity contribution in [2.45, 2.75) is 0 Å². The zero-order valence-electron chi connectivity index (χ0n) is 28.2. The van der Waals surface area contributed by atoms with Crippen LogP contribution >= 0.6 is 0 Å². The van der Waals surface area contributed by atoms with E-state index in [1.807, 2.05) is 18.2 Å². The molecule has 4 nitrogen and oxygen atoms in total. The van der Waals surface area contributed by atoms with E-state index in [4.69, 9.17) is 8.83 Å². The second-order valence-electron chi connectivity index (χ2n) is 12.9. The van der Waals surface area contributed by atoms with Crippen LogP contribution in [0.25, 0.3) is 55.0 Å². The predicted molar refractivity (Wildman–Crippen MR) is 216 cm³/mol. The summed E-state index contributed by atoms with van der Waals surface area (Å²) in [5.41, 5.74) is 12.0. The molecule has 0 fully saturated rings. The molecule has 10 rings (SSSR count). The normalized spacial score (nSPS) is 11.5. The molecule has 2 heterocycles. The molecule has 0 amide bonds. The zero-order valence-corrected chi connectivity index (χ0v) is 28.2. The summed E-state index contributed by atoms with van der Waals surface area (Å²) in [6.45, 7) is 0. The highest BCUT2D eigenvalue weighted by Crippen LogP contribution is 2.45. The van der Waals surface area contributed by atoms with Crippen LogP contribution in [0, 0.1) is 0 Å². The van der Waals surface area contributed by atoms with Gasteiger partial charge >= 0.3 is 0 Å². The van der Waals surface area contributed by atoms with E-state index in [1.165, 1.54) is 0 Å². The van der Waals surface area contributed by atoms with Gasteiger partial charge in [0.2, 0.25) is 0 Å². The molecule has 246 valence electrons. The molecule has 4 heteroatoms. The molecule has 52 heavy (non-hydrogen) atoms. The Bertz CT molecular complexity index is 2800. The van der Waals surface area contributed by atoms with E-state index in [-0.39, 0.29) is 0 Å². The summed E-state index contributed by atoms with van der Waals surface area (Å²) >= 11 is 0. The standard InChI is InChI=1S/C48H32N2O2/c1-4-14-34(15-5-1)49(37-28-26-33(27-29-37)39-21-12-22-41-40-20-10-11-24-44(40)52-48(39)41)38-30-31-42-46(32-38)51-45-25-13-23-43(47(42)45)50(35-16-6-2-7-17-35)36-18-8-3-9-19-36/h1-32H. The van der Waals surface area contributed by atoms with Gasteiger partial charge in [-0.3, -0.25) is 0 Å². The number of nitrogens with zero attached hydrogens (tertiary/aromatic N) is 2. The molecule has 0 radical (unpaired) electrons. The van der Waals surface area contributed by atoms with Crippen LogP contribution in [0.2, 0.25) is 0 Å². The summed E-state index contributed by atoms with van der Waals surface area (Å²) in [4.78, 5) is 4.58. The molecule has 0 N–H and O–H groups in total. The Morgan fingerprint density at radius 2 is 0.885 bits per heavy atom. The monoisotopic (exact) mass is 668 g/mol. The molecule has 0 aliphatic carbocycles. The van der Waals surface area contributed by atoms with Crippen LogP contribution in [0.15, 0.2) is 203 Å². The van der Waals surface area contributed by atoms with Gasteiger partial charge in [0.1, 0.15) is 22.3 Å². The first-order valence-electron chi connectivity index (χ1n) is 17.5. The number of hydrogen-bond donors (Lipinski definition) is 0. The number of fused-ring (bicyclic) bond motifs is 6. The number of para-hydroxylation sites is 5. The van der Waals surface area contributed by atoms with Gasteiger partial charge in [-0.1, -0.05) is 109 Å². The maximum absolute atomic E-state index is 6.66. The number of hydrogen-bond acceptors (Lipinski definition) is 4. The summed E-state index contributed by atoms with van der Waals surface area (Å²) in [6.07, 6.45) is 0. The van der Waals surface area contributed by atoms with E-state index in [9.17, 15) is 0 Å². The van der Waals surface area contributed by atoms with Crippen LogP contribution in [-0.4, -0.2) is 0 Å². The minimum atomic E-state index is 0.829. The Morgan fingerprint density at radius 3 is 1.60 bits per heavy atom. The lowest BCUT2D eigenvalue weighted by atomic mass is 10.0. The van der Waals surface area contributed by atoms with Gasteiger partial charge in [0.25, 0.3) is 0 Å². The van der Waals surface area contributed by atoms with Gasteiger partial charge in [-0.05, 0) is 84.4 Å². The fourth-order valence-corrected chi connectivity index (χ4v) is 7.49. The van der Waals surface area contributed by atoms with Crippen LogP contribution in [-0.2, 0) is 0 Å². The Hall–Kier alpha value is -7.04. The molecule has 2 aromatic heterocycles. The van der Waals surface area contributed by atoms with E-state index in [0.717, 1.165) is 89.1 Å². The minimum absolute atomic E-state index is 0.829. The largest absolute Gasteiger partial charge is 0.456 e. The van der Waals surface area contributed by atoms with Crippen LogP contribution < -0.4 is 9.80 Å². The molecular weight excluding hydrogens is 637 g/mol. The first-order chi connectivity index (χ1) is 25.8. The molecule has 0 saturated carbocycles. The van der Waals surface area contributed by atoms with Gasteiger partial charge in [-0.2, -0.15) is 0 Å². The van der Waals surface area contributed by atoms with Crippen LogP contribution in [0.4, 0.5) is 34.1 Å². The smallest absolute Gasteiger partial charge is 0.143 e. The summed E-state index contributed by atoms with van der Waals surface area (Å²) in [7, 11) is 0. The highest BCUT2D eigenvalue weighted by atomic mass is 16.3. The molecule has 10 aromatic rings. The molecular formula is C48H32N2O2. The third kappa shape index (κ3) is 5.00. The van der Waals surface area contributed by atoms with Crippen molar-refractivity contribution in [3.63, 3.8) is 0 Å². The molecule has 0 aliphatic rings. The van der Waals surface area contributed by atoms with Gasteiger partial charge in [0, 0.05) is 56.2 Å². The predicted octanol–water partition coefficient (Wildman–Crippen LogP) is 14.1. The first-order valence-corrected chi connectivity index (χ1v) is 17.5. The summed E-state index contributed by atoms with van der Waals surface area (Å²) in [5, 5.41) is 4.40. The Kier molecular flexibility index (Phi) is 7.10. The maximum atomic E-state index is 6.66. The van der Waals surface area contributed by atoms with Crippen LogP contribution in [0.1, 0.15) is 0 Å². The van der Waals surface area contributed by atoms with Crippen molar-refractivity contribution in [1.82, 2.24) is 0 Å². The average molecular weight is 669 g/mol. The van der Waals surface area contributed by atoms with E-state index in [0.29, 0.717) is 0 Å². The van der Waals surface area contributed by atoms with E-state index in [2.05, 4.69) is 186 Å². The second-order valence-corrected chi connectivity index (χ2v) is 12.9. The molecule has 0 saturated heterocycles. The number of rotatable bonds is 7.